The lowest BCUT2D eigenvalue weighted by Crippen LogP contribution is -2.62. The Morgan fingerprint density at radius 1 is 1.41 bits per heavy atom. The van der Waals surface area contributed by atoms with Crippen molar-refractivity contribution in [2.45, 2.75) is 58.8 Å². The van der Waals surface area contributed by atoms with Gasteiger partial charge in [0, 0.05) is 18.6 Å². The minimum absolute atomic E-state index is 0.00609. The summed E-state index contributed by atoms with van der Waals surface area (Å²) in [5, 5.41) is 3.00. The number of methoxy groups -OCH3 is 1. The van der Waals surface area contributed by atoms with E-state index in [-0.39, 0.29) is 35.7 Å². The molecule has 1 saturated carbocycles. The van der Waals surface area contributed by atoms with Crippen molar-refractivity contribution < 1.29 is 14.3 Å². The van der Waals surface area contributed by atoms with Gasteiger partial charge in [-0.15, -0.1) is 0 Å². The van der Waals surface area contributed by atoms with Crippen LogP contribution in [0.25, 0.3) is 0 Å². The van der Waals surface area contributed by atoms with Crippen LogP contribution in [0.5, 0.6) is 0 Å². The first-order valence-electron chi connectivity index (χ1n) is 6.13. The van der Waals surface area contributed by atoms with Gasteiger partial charge in [-0.2, -0.15) is 0 Å². The van der Waals surface area contributed by atoms with Crippen molar-refractivity contribution in [1.29, 1.82) is 0 Å². The Hall–Kier alpha value is -0.610. The number of carbonyl (C=O) groups excluding carboxylic acids is 1. The summed E-state index contributed by atoms with van der Waals surface area (Å²) in [5.74, 6) is -0.0486. The summed E-state index contributed by atoms with van der Waals surface area (Å²) in [7, 11) is 1.72. The molecule has 1 aliphatic rings. The van der Waals surface area contributed by atoms with Gasteiger partial charge in [0.15, 0.2) is 0 Å². The van der Waals surface area contributed by atoms with E-state index in [0.717, 1.165) is 6.42 Å². The lowest BCUT2D eigenvalue weighted by atomic mass is 9.64. The molecule has 0 radical (unpaired) electrons. The Bertz CT molecular complexity index is 281. The fourth-order valence-electron chi connectivity index (χ4n) is 2.05. The summed E-state index contributed by atoms with van der Waals surface area (Å²) in [6, 6.07) is 0.184. The highest BCUT2D eigenvalue weighted by molar-refractivity contribution is 5.77. The molecule has 2 atom stereocenters. The molecule has 0 aromatic rings. The molecule has 1 rings (SSSR count). The fraction of sp³-hybridized carbons (Fsp3) is 0.923. The van der Waals surface area contributed by atoms with Gasteiger partial charge >= 0.3 is 0 Å². The SMILES string of the molecule is COC1CC(NC(=O)COC(C)(C)C)C1(C)C. The van der Waals surface area contributed by atoms with E-state index in [1.54, 1.807) is 7.11 Å². The van der Waals surface area contributed by atoms with Crippen LogP contribution in [0.4, 0.5) is 0 Å². The van der Waals surface area contributed by atoms with Crippen molar-refractivity contribution >= 4 is 5.91 Å². The van der Waals surface area contributed by atoms with Gasteiger partial charge in [0.2, 0.25) is 5.91 Å². The summed E-state index contributed by atoms with van der Waals surface area (Å²) in [6.45, 7) is 10.2. The Morgan fingerprint density at radius 2 is 2.00 bits per heavy atom. The van der Waals surface area contributed by atoms with Crippen molar-refractivity contribution in [3.8, 4) is 0 Å². The van der Waals surface area contributed by atoms with Gasteiger partial charge in [0.1, 0.15) is 6.61 Å². The Balaban J connectivity index is 2.34. The van der Waals surface area contributed by atoms with Crippen LogP contribution in [0, 0.1) is 5.41 Å². The third-order valence-electron chi connectivity index (χ3n) is 3.43. The molecule has 0 bridgehead atoms. The van der Waals surface area contributed by atoms with Crippen LogP contribution in [0.2, 0.25) is 0 Å². The highest BCUT2D eigenvalue weighted by Crippen LogP contribution is 2.42. The predicted molar refractivity (Wildman–Crippen MR) is 66.8 cm³/mol. The number of carbonyl (C=O) groups is 1. The molecule has 4 heteroatoms. The molecule has 1 fully saturated rings. The van der Waals surface area contributed by atoms with Gasteiger partial charge in [-0.25, -0.2) is 0 Å². The van der Waals surface area contributed by atoms with Gasteiger partial charge in [0.25, 0.3) is 0 Å². The molecular formula is C13H25NO3. The smallest absolute Gasteiger partial charge is 0.246 e. The third kappa shape index (κ3) is 3.68. The Labute approximate surface area is 104 Å². The molecule has 1 aliphatic carbocycles. The number of amides is 1. The lowest BCUT2D eigenvalue weighted by molar-refractivity contribution is -0.140. The molecule has 17 heavy (non-hydrogen) atoms. The Kier molecular flexibility index (Phi) is 4.20. The predicted octanol–water partition coefficient (Wildman–Crippen LogP) is 1.73. The third-order valence-corrected chi connectivity index (χ3v) is 3.43. The Morgan fingerprint density at radius 3 is 2.41 bits per heavy atom. The first-order chi connectivity index (χ1) is 7.66. The molecule has 4 nitrogen and oxygen atoms in total. The maximum Gasteiger partial charge on any atom is 0.246 e. The van der Waals surface area contributed by atoms with Gasteiger partial charge in [-0.05, 0) is 27.2 Å². The number of rotatable bonds is 4. The molecule has 0 aliphatic heterocycles. The first kappa shape index (κ1) is 14.5. The fourth-order valence-corrected chi connectivity index (χ4v) is 2.05. The van der Waals surface area contributed by atoms with Gasteiger partial charge in [-0.3, -0.25) is 4.79 Å². The highest BCUT2D eigenvalue weighted by Gasteiger charge is 2.49. The van der Waals surface area contributed by atoms with E-state index < -0.39 is 0 Å². The molecule has 1 N–H and O–H groups in total. The quantitative estimate of drug-likeness (QED) is 0.818. The van der Waals surface area contributed by atoms with Crippen LogP contribution in [-0.4, -0.2) is 37.4 Å². The molecule has 1 amide bonds. The highest BCUT2D eigenvalue weighted by atomic mass is 16.5. The number of hydrogen-bond donors (Lipinski definition) is 1. The van der Waals surface area contributed by atoms with Crippen LogP contribution in [0.15, 0.2) is 0 Å². The summed E-state index contributed by atoms with van der Waals surface area (Å²) >= 11 is 0. The summed E-state index contributed by atoms with van der Waals surface area (Å²) in [5.41, 5.74) is -0.270. The van der Waals surface area contributed by atoms with E-state index in [1.165, 1.54) is 0 Å². The van der Waals surface area contributed by atoms with E-state index in [9.17, 15) is 4.79 Å². The molecule has 2 unspecified atom stereocenters. The van der Waals surface area contributed by atoms with Crippen molar-refractivity contribution in [3.05, 3.63) is 0 Å². The molecule has 0 heterocycles. The average Bonchev–Trinajstić information content (AvgIpc) is 2.19. The molecule has 0 spiro atoms. The number of ether oxygens (including phenoxy) is 2. The van der Waals surface area contributed by atoms with Gasteiger partial charge in [0.05, 0.1) is 11.7 Å². The second-order valence-corrected chi connectivity index (χ2v) is 6.30. The van der Waals surface area contributed by atoms with E-state index >= 15 is 0 Å². The maximum absolute atomic E-state index is 11.7. The zero-order valence-corrected chi connectivity index (χ0v) is 11.8. The van der Waals surface area contributed by atoms with E-state index in [2.05, 4.69) is 19.2 Å². The number of nitrogens with one attached hydrogen (secondary N) is 1. The summed E-state index contributed by atoms with van der Waals surface area (Å²) < 4.78 is 10.8. The summed E-state index contributed by atoms with van der Waals surface area (Å²) in [6.07, 6.45) is 1.11. The number of hydrogen-bond acceptors (Lipinski definition) is 3. The van der Waals surface area contributed by atoms with Crippen LogP contribution in [0.1, 0.15) is 41.0 Å². The van der Waals surface area contributed by atoms with Crippen molar-refractivity contribution in [2.24, 2.45) is 5.41 Å². The van der Waals surface area contributed by atoms with Crippen molar-refractivity contribution in [2.75, 3.05) is 13.7 Å². The molecular weight excluding hydrogens is 218 g/mol. The zero-order valence-electron chi connectivity index (χ0n) is 11.8. The van der Waals surface area contributed by atoms with Crippen molar-refractivity contribution in [1.82, 2.24) is 5.32 Å². The average molecular weight is 243 g/mol. The standard InChI is InChI=1S/C13H25NO3/c1-12(2,3)17-8-11(15)14-9-7-10(16-6)13(9,4)5/h9-10H,7-8H2,1-6H3,(H,14,15). The van der Waals surface area contributed by atoms with Crippen LogP contribution >= 0.6 is 0 Å². The van der Waals surface area contributed by atoms with Crippen LogP contribution in [0.3, 0.4) is 0 Å². The van der Waals surface area contributed by atoms with Crippen LogP contribution < -0.4 is 5.32 Å². The van der Waals surface area contributed by atoms with E-state index in [1.807, 2.05) is 20.8 Å². The largest absolute Gasteiger partial charge is 0.381 e. The maximum atomic E-state index is 11.7. The minimum Gasteiger partial charge on any atom is -0.381 e. The molecule has 0 aromatic heterocycles. The lowest BCUT2D eigenvalue weighted by Gasteiger charge is -2.51. The molecule has 100 valence electrons. The van der Waals surface area contributed by atoms with Gasteiger partial charge in [-0.1, -0.05) is 13.8 Å². The minimum atomic E-state index is -0.276. The van der Waals surface area contributed by atoms with Gasteiger partial charge < -0.3 is 14.8 Å². The summed E-state index contributed by atoms with van der Waals surface area (Å²) in [4.78, 5) is 11.7. The van der Waals surface area contributed by atoms with E-state index in [0.29, 0.717) is 0 Å². The first-order valence-corrected chi connectivity index (χ1v) is 6.13. The zero-order chi connectivity index (χ0) is 13.3. The van der Waals surface area contributed by atoms with Crippen LogP contribution in [-0.2, 0) is 14.3 Å². The topological polar surface area (TPSA) is 47.6 Å². The molecule has 0 aromatic carbocycles. The van der Waals surface area contributed by atoms with E-state index in [4.69, 9.17) is 9.47 Å². The normalized spacial score (nSPS) is 27.4. The molecule has 0 saturated heterocycles. The van der Waals surface area contributed by atoms with Crippen molar-refractivity contribution in [3.63, 3.8) is 0 Å². The monoisotopic (exact) mass is 243 g/mol. The second-order valence-electron chi connectivity index (χ2n) is 6.30. The second kappa shape index (κ2) is 4.94.